The number of ether oxygens (including phenoxy) is 1. The highest BCUT2D eigenvalue weighted by Crippen LogP contribution is 1.95. The number of ketones is 1. The van der Waals surface area contributed by atoms with E-state index in [0.717, 1.165) is 5.57 Å². The molecule has 0 atom stereocenters. The maximum atomic E-state index is 10.8. The molecule has 0 saturated heterocycles. The number of Topliss-reactive ketones (excluding diaryl/α,β-unsaturated/α-hetero) is 1. The molecule has 0 fully saturated rings. The van der Waals surface area contributed by atoms with Crippen molar-refractivity contribution in [1.82, 2.24) is 0 Å². The van der Waals surface area contributed by atoms with Crippen molar-refractivity contribution in [3.05, 3.63) is 11.6 Å². The van der Waals surface area contributed by atoms with E-state index < -0.39 is 5.97 Å². The van der Waals surface area contributed by atoms with Crippen molar-refractivity contribution in [3.63, 3.8) is 0 Å². The fraction of sp³-hybridized carbons (Fsp3) is 0.556. The summed E-state index contributed by atoms with van der Waals surface area (Å²) in [4.78, 5) is 21.3. The summed E-state index contributed by atoms with van der Waals surface area (Å²) in [6, 6.07) is 0. The largest absolute Gasteiger partial charge is 0.461 e. The van der Waals surface area contributed by atoms with Crippen LogP contribution in [0.5, 0.6) is 0 Å². The van der Waals surface area contributed by atoms with Crippen LogP contribution in [0, 0.1) is 0 Å². The lowest BCUT2D eigenvalue weighted by atomic mass is 10.3. The molecule has 0 radical (unpaired) electrons. The van der Waals surface area contributed by atoms with Gasteiger partial charge in [-0.05, 0) is 26.3 Å². The Hall–Kier alpha value is -1.12. The number of carbonyl (C=O) groups excluding carboxylic acids is 2. The first-order chi connectivity index (χ1) is 5.56. The molecule has 0 bridgehead atoms. The van der Waals surface area contributed by atoms with Gasteiger partial charge >= 0.3 is 5.97 Å². The van der Waals surface area contributed by atoms with Crippen LogP contribution >= 0.6 is 0 Å². The second-order valence-corrected chi connectivity index (χ2v) is 2.67. The first-order valence-corrected chi connectivity index (χ1v) is 3.83. The molecular formula is C9H14O3. The Morgan fingerprint density at radius 2 is 1.92 bits per heavy atom. The van der Waals surface area contributed by atoms with Crippen LogP contribution in [0.2, 0.25) is 0 Å². The Kier molecular flexibility index (Phi) is 5.00. The number of allylic oxidation sites excluding steroid dienone is 1. The van der Waals surface area contributed by atoms with E-state index in [1.807, 2.05) is 19.9 Å². The lowest BCUT2D eigenvalue weighted by Gasteiger charge is -2.02. The first-order valence-electron chi connectivity index (χ1n) is 3.83. The van der Waals surface area contributed by atoms with Crippen molar-refractivity contribution in [3.8, 4) is 0 Å². The third-order valence-electron chi connectivity index (χ3n) is 1.35. The minimum absolute atomic E-state index is 0.128. The monoisotopic (exact) mass is 170 g/mol. The van der Waals surface area contributed by atoms with Crippen LogP contribution in [0.3, 0.4) is 0 Å². The summed E-state index contributed by atoms with van der Waals surface area (Å²) in [6.07, 6.45) is 1.73. The molecule has 12 heavy (non-hydrogen) atoms. The lowest BCUT2D eigenvalue weighted by Crippen LogP contribution is -2.10. The molecule has 0 aromatic carbocycles. The van der Waals surface area contributed by atoms with Gasteiger partial charge in [-0.3, -0.25) is 9.59 Å². The molecule has 0 amide bonds. The summed E-state index contributed by atoms with van der Waals surface area (Å²) < 4.78 is 4.78. The summed E-state index contributed by atoms with van der Waals surface area (Å²) in [6.45, 7) is 5.38. The topological polar surface area (TPSA) is 43.4 Å². The van der Waals surface area contributed by atoms with Crippen molar-refractivity contribution in [2.75, 3.05) is 6.61 Å². The van der Waals surface area contributed by atoms with Gasteiger partial charge in [-0.15, -0.1) is 0 Å². The van der Waals surface area contributed by atoms with Gasteiger partial charge in [0.05, 0.1) is 0 Å². The summed E-state index contributed by atoms with van der Waals surface area (Å²) in [5.74, 6) is -0.623. The molecule has 0 unspecified atom stereocenters. The first kappa shape index (κ1) is 10.9. The van der Waals surface area contributed by atoms with Crippen LogP contribution in [-0.2, 0) is 14.3 Å². The summed E-state index contributed by atoms with van der Waals surface area (Å²) in [7, 11) is 0. The third-order valence-corrected chi connectivity index (χ3v) is 1.35. The zero-order chi connectivity index (χ0) is 9.56. The van der Waals surface area contributed by atoms with Crippen LogP contribution < -0.4 is 0 Å². The quantitative estimate of drug-likeness (QED) is 0.364. The molecule has 0 aliphatic heterocycles. The standard InChI is InChI=1S/C9H14O3/c1-4-7(2)6-12-9(11)5-8(3)10/h4H,5-6H2,1-3H3/b7-4+. The minimum Gasteiger partial charge on any atom is -0.461 e. The van der Waals surface area contributed by atoms with Gasteiger partial charge in [0, 0.05) is 0 Å². The molecule has 3 heteroatoms. The molecule has 0 aromatic rings. The molecule has 0 heterocycles. The van der Waals surface area contributed by atoms with Crippen LogP contribution in [-0.4, -0.2) is 18.4 Å². The summed E-state index contributed by atoms with van der Waals surface area (Å²) >= 11 is 0. The molecule has 0 aliphatic rings. The Bertz CT molecular complexity index is 204. The second-order valence-electron chi connectivity index (χ2n) is 2.67. The molecule has 0 spiro atoms. The summed E-state index contributed by atoms with van der Waals surface area (Å²) in [5, 5.41) is 0. The third kappa shape index (κ3) is 5.65. The van der Waals surface area contributed by atoms with Gasteiger partial charge < -0.3 is 4.74 Å². The zero-order valence-corrected chi connectivity index (χ0v) is 7.72. The predicted molar refractivity (Wildman–Crippen MR) is 45.7 cm³/mol. The van der Waals surface area contributed by atoms with E-state index in [1.165, 1.54) is 6.92 Å². The fourth-order valence-corrected chi connectivity index (χ4v) is 0.532. The smallest absolute Gasteiger partial charge is 0.313 e. The molecule has 0 rings (SSSR count). The SMILES string of the molecule is C/C=C(\C)COC(=O)CC(C)=O. The highest BCUT2D eigenvalue weighted by Gasteiger charge is 2.05. The van der Waals surface area contributed by atoms with Gasteiger partial charge in [0.2, 0.25) is 0 Å². The zero-order valence-electron chi connectivity index (χ0n) is 7.72. The predicted octanol–water partition coefficient (Wildman–Crippen LogP) is 1.47. The highest BCUT2D eigenvalue weighted by atomic mass is 16.5. The molecule has 0 saturated carbocycles. The van der Waals surface area contributed by atoms with Crippen molar-refractivity contribution in [1.29, 1.82) is 0 Å². The van der Waals surface area contributed by atoms with E-state index in [0.29, 0.717) is 0 Å². The Morgan fingerprint density at radius 1 is 1.33 bits per heavy atom. The number of rotatable bonds is 4. The van der Waals surface area contributed by atoms with Gasteiger partial charge in [-0.2, -0.15) is 0 Å². The van der Waals surface area contributed by atoms with E-state index in [-0.39, 0.29) is 18.8 Å². The average Bonchev–Trinajstić information content (AvgIpc) is 1.99. The van der Waals surface area contributed by atoms with Gasteiger partial charge in [0.15, 0.2) is 0 Å². The van der Waals surface area contributed by atoms with Gasteiger partial charge in [-0.1, -0.05) is 6.08 Å². The van der Waals surface area contributed by atoms with E-state index in [1.54, 1.807) is 0 Å². The maximum Gasteiger partial charge on any atom is 0.313 e. The molecule has 0 aliphatic carbocycles. The number of esters is 1. The van der Waals surface area contributed by atoms with Crippen molar-refractivity contribution < 1.29 is 14.3 Å². The van der Waals surface area contributed by atoms with Crippen LogP contribution in [0.1, 0.15) is 27.2 Å². The van der Waals surface area contributed by atoms with Crippen molar-refractivity contribution >= 4 is 11.8 Å². The van der Waals surface area contributed by atoms with E-state index in [9.17, 15) is 9.59 Å². The van der Waals surface area contributed by atoms with Crippen LogP contribution in [0.15, 0.2) is 11.6 Å². The number of hydrogen-bond acceptors (Lipinski definition) is 3. The van der Waals surface area contributed by atoms with Gasteiger partial charge in [-0.25, -0.2) is 0 Å². The maximum absolute atomic E-state index is 10.8. The minimum atomic E-state index is -0.455. The highest BCUT2D eigenvalue weighted by molar-refractivity contribution is 5.94. The molecule has 68 valence electrons. The Balaban J connectivity index is 3.65. The van der Waals surface area contributed by atoms with Gasteiger partial charge in [0.25, 0.3) is 0 Å². The van der Waals surface area contributed by atoms with Crippen LogP contribution in [0.4, 0.5) is 0 Å². The average molecular weight is 170 g/mol. The van der Waals surface area contributed by atoms with E-state index in [2.05, 4.69) is 0 Å². The number of hydrogen-bond donors (Lipinski definition) is 0. The normalized spacial score (nSPS) is 11.1. The Labute approximate surface area is 72.4 Å². The van der Waals surface area contributed by atoms with Crippen LogP contribution in [0.25, 0.3) is 0 Å². The molecular weight excluding hydrogens is 156 g/mol. The molecule has 0 aromatic heterocycles. The van der Waals surface area contributed by atoms with Gasteiger partial charge in [0.1, 0.15) is 18.8 Å². The summed E-state index contributed by atoms with van der Waals surface area (Å²) in [5.41, 5.74) is 0.979. The van der Waals surface area contributed by atoms with E-state index in [4.69, 9.17) is 4.74 Å². The lowest BCUT2D eigenvalue weighted by molar-refractivity contribution is -0.144. The molecule has 3 nitrogen and oxygen atoms in total. The van der Waals surface area contributed by atoms with Crippen molar-refractivity contribution in [2.45, 2.75) is 27.2 Å². The number of carbonyl (C=O) groups is 2. The Morgan fingerprint density at radius 3 is 2.33 bits per heavy atom. The molecule has 0 N–H and O–H groups in total. The van der Waals surface area contributed by atoms with Crippen molar-refractivity contribution in [2.24, 2.45) is 0 Å². The van der Waals surface area contributed by atoms with E-state index >= 15 is 0 Å². The fourth-order valence-electron chi connectivity index (χ4n) is 0.532. The second kappa shape index (κ2) is 5.52.